The van der Waals surface area contributed by atoms with Gasteiger partial charge in [-0.15, -0.1) is 0 Å². The molecule has 1 aliphatic heterocycles. The molecule has 0 saturated carbocycles. The summed E-state index contributed by atoms with van der Waals surface area (Å²) in [7, 11) is 0. The van der Waals surface area contributed by atoms with Crippen LogP contribution in [-0.2, 0) is 0 Å². The molecule has 0 spiro atoms. The van der Waals surface area contributed by atoms with E-state index in [-0.39, 0.29) is 23.0 Å². The van der Waals surface area contributed by atoms with Crippen LogP contribution in [0.25, 0.3) is 0 Å². The van der Waals surface area contributed by atoms with E-state index in [9.17, 15) is 22.8 Å². The highest BCUT2D eigenvalue weighted by molar-refractivity contribution is 6.30. The van der Waals surface area contributed by atoms with Gasteiger partial charge in [0.05, 0.1) is 36.7 Å². The highest BCUT2D eigenvalue weighted by Gasteiger charge is 2.22. The van der Waals surface area contributed by atoms with E-state index in [1.54, 1.807) is 0 Å². The Morgan fingerprint density at radius 2 is 2.03 bits per heavy atom. The van der Waals surface area contributed by atoms with E-state index >= 15 is 0 Å². The molecule has 0 saturated heterocycles. The lowest BCUT2D eigenvalue weighted by atomic mass is 10.0. The van der Waals surface area contributed by atoms with Crippen LogP contribution in [0.3, 0.4) is 0 Å². The number of carbonyl (C=O) groups excluding carboxylic acids is 1. The first-order valence-corrected chi connectivity index (χ1v) is 8.78. The number of hydrogen-bond donors (Lipinski definition) is 1. The molecule has 2 aromatic rings. The summed E-state index contributed by atoms with van der Waals surface area (Å²) < 4.78 is 41.2. The summed E-state index contributed by atoms with van der Waals surface area (Å²) in [4.78, 5) is 32.3. The third-order valence-electron chi connectivity index (χ3n) is 4.14. The van der Waals surface area contributed by atoms with Crippen molar-refractivity contribution in [3.05, 3.63) is 74.9 Å². The SMILES string of the molecule is C[C@@H](NC(=O)c1cn(N2C=C(Cl)N=CC2)c(=O)cn1)c1cccc(C(F)F)c1F. The molecule has 7 nitrogen and oxygen atoms in total. The molecule has 0 fully saturated rings. The average Bonchev–Trinajstić information content (AvgIpc) is 2.68. The van der Waals surface area contributed by atoms with Crippen molar-refractivity contribution in [2.45, 2.75) is 19.4 Å². The first kappa shape index (κ1) is 20.6. The second-order valence-electron chi connectivity index (χ2n) is 6.09. The van der Waals surface area contributed by atoms with Gasteiger partial charge >= 0.3 is 0 Å². The standard InChI is InChI=1S/C18H15ClF3N5O2/c1-10(11-3-2-4-12(16(11)20)17(21)22)25-18(29)13-8-27(15(28)7-24-13)26-6-5-23-14(19)9-26/h2-5,7-10,17H,6H2,1H3,(H,25,29)/t10-/m1/s1. The number of amides is 1. The van der Waals surface area contributed by atoms with Crippen LogP contribution in [0, 0.1) is 5.82 Å². The van der Waals surface area contributed by atoms with Gasteiger partial charge in [-0.2, -0.15) is 0 Å². The Morgan fingerprint density at radius 1 is 1.31 bits per heavy atom. The molecule has 1 aromatic carbocycles. The Morgan fingerprint density at radius 3 is 2.72 bits per heavy atom. The van der Waals surface area contributed by atoms with Gasteiger partial charge in [-0.3, -0.25) is 14.6 Å². The molecule has 0 unspecified atom stereocenters. The number of halogens is 4. The topological polar surface area (TPSA) is 79.6 Å². The maximum absolute atomic E-state index is 14.3. The second kappa shape index (κ2) is 8.48. The minimum absolute atomic E-state index is 0.0913. The summed E-state index contributed by atoms with van der Waals surface area (Å²) in [6.45, 7) is 1.69. The van der Waals surface area contributed by atoms with Crippen molar-refractivity contribution in [3.8, 4) is 0 Å². The Kier molecular flexibility index (Phi) is 6.02. The smallest absolute Gasteiger partial charge is 0.287 e. The maximum Gasteiger partial charge on any atom is 0.287 e. The van der Waals surface area contributed by atoms with Gasteiger partial charge in [-0.05, 0) is 6.92 Å². The number of hydrogen-bond acceptors (Lipinski definition) is 5. The quantitative estimate of drug-likeness (QED) is 0.747. The molecular formula is C18H15ClF3N5O2. The third-order valence-corrected chi connectivity index (χ3v) is 4.34. The Balaban J connectivity index is 1.83. The summed E-state index contributed by atoms with van der Waals surface area (Å²) in [6, 6.07) is 2.66. The maximum atomic E-state index is 14.3. The van der Waals surface area contributed by atoms with Crippen LogP contribution in [0.1, 0.15) is 41.0 Å². The zero-order chi connectivity index (χ0) is 21.1. The Hall–Kier alpha value is -3.14. The summed E-state index contributed by atoms with van der Waals surface area (Å²) in [5.41, 5.74) is -1.48. The van der Waals surface area contributed by atoms with Gasteiger partial charge in [0.1, 0.15) is 16.7 Å². The molecule has 2 heterocycles. The minimum atomic E-state index is -2.98. The lowest BCUT2D eigenvalue weighted by Crippen LogP contribution is -2.41. The fourth-order valence-electron chi connectivity index (χ4n) is 2.71. The van der Waals surface area contributed by atoms with Crippen molar-refractivity contribution >= 4 is 23.7 Å². The van der Waals surface area contributed by atoms with Crippen LogP contribution in [0.5, 0.6) is 0 Å². The van der Waals surface area contributed by atoms with Crippen LogP contribution in [-0.4, -0.2) is 28.3 Å². The van der Waals surface area contributed by atoms with Gasteiger partial charge in [0.2, 0.25) is 0 Å². The average molecular weight is 426 g/mol. The molecule has 11 heteroatoms. The fourth-order valence-corrected chi connectivity index (χ4v) is 2.89. The van der Waals surface area contributed by atoms with Gasteiger partial charge < -0.3 is 5.32 Å². The lowest BCUT2D eigenvalue weighted by Gasteiger charge is -2.23. The van der Waals surface area contributed by atoms with Gasteiger partial charge in [0.25, 0.3) is 17.9 Å². The van der Waals surface area contributed by atoms with E-state index in [1.807, 2.05) is 0 Å². The number of aliphatic imine (C=N–C) groups is 1. The van der Waals surface area contributed by atoms with Crippen LogP contribution in [0.4, 0.5) is 13.2 Å². The van der Waals surface area contributed by atoms with E-state index in [0.717, 1.165) is 16.9 Å². The minimum Gasteiger partial charge on any atom is -0.344 e. The fraction of sp³-hybridized carbons (Fsp3) is 0.222. The molecule has 1 amide bonds. The molecule has 3 rings (SSSR count). The van der Waals surface area contributed by atoms with Crippen molar-refractivity contribution in [1.29, 1.82) is 0 Å². The van der Waals surface area contributed by atoms with E-state index < -0.39 is 35.3 Å². The predicted molar refractivity (Wildman–Crippen MR) is 101 cm³/mol. The van der Waals surface area contributed by atoms with Crippen LogP contribution < -0.4 is 15.9 Å². The summed E-state index contributed by atoms with van der Waals surface area (Å²) in [5, 5.41) is 4.06. The van der Waals surface area contributed by atoms with Gasteiger partial charge in [-0.25, -0.2) is 27.8 Å². The Bertz CT molecular complexity index is 1050. The number of nitrogens with zero attached hydrogens (tertiary/aromatic N) is 4. The molecule has 1 aromatic heterocycles. The van der Waals surface area contributed by atoms with Crippen molar-refractivity contribution < 1.29 is 18.0 Å². The molecule has 1 N–H and O–H groups in total. The second-order valence-corrected chi connectivity index (χ2v) is 6.47. The van der Waals surface area contributed by atoms with Gasteiger partial charge in [0, 0.05) is 11.8 Å². The zero-order valence-corrected chi connectivity index (χ0v) is 15.8. The van der Waals surface area contributed by atoms with Crippen molar-refractivity contribution in [2.24, 2.45) is 4.99 Å². The summed E-state index contributed by atoms with van der Waals surface area (Å²) in [6.07, 6.45) is 2.05. The summed E-state index contributed by atoms with van der Waals surface area (Å²) in [5.74, 6) is -1.80. The number of benzene rings is 1. The van der Waals surface area contributed by atoms with Crippen LogP contribution in [0.2, 0.25) is 0 Å². The monoisotopic (exact) mass is 425 g/mol. The normalized spacial score (nSPS) is 14.7. The molecule has 0 aliphatic carbocycles. The van der Waals surface area contributed by atoms with Crippen LogP contribution >= 0.6 is 11.6 Å². The molecule has 0 bridgehead atoms. The van der Waals surface area contributed by atoms with Crippen molar-refractivity contribution in [2.75, 3.05) is 11.6 Å². The largest absolute Gasteiger partial charge is 0.344 e. The molecule has 1 aliphatic rings. The molecule has 29 heavy (non-hydrogen) atoms. The van der Waals surface area contributed by atoms with E-state index in [4.69, 9.17) is 11.6 Å². The van der Waals surface area contributed by atoms with E-state index in [0.29, 0.717) is 0 Å². The highest BCUT2D eigenvalue weighted by Crippen LogP contribution is 2.27. The molecule has 1 atom stereocenters. The molecular weight excluding hydrogens is 411 g/mol. The van der Waals surface area contributed by atoms with Gasteiger partial charge in [-0.1, -0.05) is 29.8 Å². The predicted octanol–water partition coefficient (Wildman–Crippen LogP) is 2.87. The van der Waals surface area contributed by atoms with E-state index in [2.05, 4.69) is 15.3 Å². The third kappa shape index (κ3) is 4.48. The number of aromatic nitrogens is 2. The number of nitrogens with one attached hydrogen (secondary N) is 1. The number of carbonyl (C=O) groups is 1. The first-order chi connectivity index (χ1) is 13.8. The van der Waals surface area contributed by atoms with Crippen molar-refractivity contribution in [1.82, 2.24) is 15.0 Å². The highest BCUT2D eigenvalue weighted by atomic mass is 35.5. The first-order valence-electron chi connectivity index (χ1n) is 8.40. The Labute approximate surface area is 168 Å². The number of alkyl halides is 2. The zero-order valence-electron chi connectivity index (χ0n) is 15.0. The number of rotatable bonds is 5. The van der Waals surface area contributed by atoms with Crippen LogP contribution in [0.15, 0.2) is 51.7 Å². The molecule has 0 radical (unpaired) electrons. The molecule has 152 valence electrons. The lowest BCUT2D eigenvalue weighted by molar-refractivity contribution is 0.0933. The summed E-state index contributed by atoms with van der Waals surface area (Å²) >= 11 is 5.82. The van der Waals surface area contributed by atoms with E-state index in [1.165, 1.54) is 42.7 Å². The van der Waals surface area contributed by atoms with Crippen molar-refractivity contribution in [3.63, 3.8) is 0 Å². The van der Waals surface area contributed by atoms with Gasteiger partial charge in [0.15, 0.2) is 0 Å².